The molecule has 0 heterocycles. The van der Waals surface area contributed by atoms with Crippen LogP contribution < -0.4 is 0 Å². The molecule has 0 aliphatic rings. The van der Waals surface area contributed by atoms with Crippen LogP contribution in [0.25, 0.3) is 0 Å². The van der Waals surface area contributed by atoms with E-state index >= 15 is 0 Å². The van der Waals surface area contributed by atoms with Gasteiger partial charge in [0.1, 0.15) is 0 Å². The Balaban J connectivity index is 7.32. The third-order valence-electron chi connectivity index (χ3n) is 3.36. The summed E-state index contributed by atoms with van der Waals surface area (Å²) in [4.78, 5) is 82.5. The Morgan fingerprint density at radius 1 is 0.478 bits per heavy atom. The highest BCUT2D eigenvalue weighted by Crippen LogP contribution is 2.95. The zero-order valence-corrected chi connectivity index (χ0v) is 15.8. The second-order valence-corrected chi connectivity index (χ2v) is 17.7. The summed E-state index contributed by atoms with van der Waals surface area (Å²) in [6.45, 7) is -0.363. The average Bonchev–Trinajstić information content (AvgIpc) is 2.19. The average molecular weight is 442 g/mol. The van der Waals surface area contributed by atoms with Crippen molar-refractivity contribution in [1.82, 2.24) is 0 Å². The van der Waals surface area contributed by atoms with E-state index in [9.17, 15) is 27.7 Å². The first kappa shape index (κ1) is 23.8. The van der Waals surface area contributed by atoms with E-state index in [2.05, 4.69) is 0 Å². The fourth-order valence-corrected chi connectivity index (χ4v) is 14.0. The summed E-state index contributed by atoms with van der Waals surface area (Å²) in [6.07, 6.45) is 0. The molecule has 0 aliphatic heterocycles. The molecule has 0 aromatic carbocycles. The van der Waals surface area contributed by atoms with E-state index in [4.69, 9.17) is 39.1 Å². The van der Waals surface area contributed by atoms with Crippen molar-refractivity contribution < 1.29 is 66.9 Å². The maximum atomic E-state index is 12.4. The molecule has 0 aliphatic carbocycles. The van der Waals surface area contributed by atoms with Gasteiger partial charge in [-0.05, 0) is 13.8 Å². The molecule has 0 radical (unpaired) electrons. The summed E-state index contributed by atoms with van der Waals surface area (Å²) in [5.74, 6) is 0. The Morgan fingerprint density at radius 3 is 0.696 bits per heavy atom. The lowest BCUT2D eigenvalue weighted by Gasteiger charge is -2.43. The number of hydrogen-bond donors (Lipinski definition) is 9. The monoisotopic (exact) mass is 442 g/mol. The van der Waals surface area contributed by atoms with Gasteiger partial charge < -0.3 is 44.0 Å². The summed E-state index contributed by atoms with van der Waals surface area (Å²) >= 11 is 0. The molecule has 0 aromatic rings. The number of hydrogen-bond acceptors (Lipinski definition) is 5. The Hall–Kier alpha value is 0.790. The minimum Gasteiger partial charge on any atom is -0.342 e. The smallest absolute Gasteiger partial charge is 0.342 e. The van der Waals surface area contributed by atoms with E-state index in [0.717, 1.165) is 0 Å². The molecule has 23 heavy (non-hydrogen) atoms. The van der Waals surface area contributed by atoms with Crippen molar-refractivity contribution in [2.45, 2.75) is 23.1 Å². The van der Waals surface area contributed by atoms with Crippen LogP contribution in [0.5, 0.6) is 0 Å². The van der Waals surface area contributed by atoms with E-state index in [1.165, 1.54) is 0 Å². The van der Waals surface area contributed by atoms with Crippen molar-refractivity contribution in [3.8, 4) is 0 Å². The molecule has 0 atom stereocenters. The first-order valence-corrected chi connectivity index (χ1v) is 13.2. The normalized spacial score (nSPS) is 16.5. The molecule has 0 fully saturated rings. The van der Waals surface area contributed by atoms with Crippen molar-refractivity contribution in [1.29, 1.82) is 0 Å². The predicted octanol–water partition coefficient (Wildman–Crippen LogP) is -0.685. The fraction of sp³-hybridized carbons (Fsp3) is 1.00. The van der Waals surface area contributed by atoms with Gasteiger partial charge in [-0.3, -0.25) is 22.8 Å². The third-order valence-corrected chi connectivity index (χ3v) is 19.6. The van der Waals surface area contributed by atoms with Crippen molar-refractivity contribution in [3.05, 3.63) is 0 Å². The van der Waals surface area contributed by atoms with Crippen LogP contribution in [0.4, 0.5) is 0 Å². The molecule has 0 saturated heterocycles. The first-order valence-electron chi connectivity index (χ1n) is 5.05. The van der Waals surface area contributed by atoms with Crippen LogP contribution in [0.15, 0.2) is 0 Å². The van der Waals surface area contributed by atoms with E-state index in [-0.39, 0.29) is 13.8 Å². The van der Waals surface area contributed by atoms with Gasteiger partial charge in [0, 0.05) is 0 Å². The summed E-state index contributed by atoms with van der Waals surface area (Å²) in [6, 6.07) is 0. The van der Waals surface area contributed by atoms with Gasteiger partial charge in [0.2, 0.25) is 9.28 Å². The van der Waals surface area contributed by atoms with Gasteiger partial charge in [-0.2, -0.15) is 0 Å². The summed E-state index contributed by atoms with van der Waals surface area (Å²) in [5.41, 5.74) is 0. The lowest BCUT2D eigenvalue weighted by atomic mass is 10.9. The van der Waals surface area contributed by atoms with Crippen molar-refractivity contribution in [3.63, 3.8) is 0 Å². The quantitative estimate of drug-likeness (QED) is 0.231. The van der Waals surface area contributed by atoms with Crippen LogP contribution in [0.2, 0.25) is 0 Å². The molecular formula is C4H15O14P5. The van der Waals surface area contributed by atoms with E-state index < -0.39 is 47.0 Å². The Morgan fingerprint density at radius 2 is 0.609 bits per heavy atom. The predicted molar refractivity (Wildman–Crippen MR) is 74.8 cm³/mol. The molecule has 0 amide bonds. The topological polar surface area (TPSA) is 267 Å². The van der Waals surface area contributed by atoms with Crippen molar-refractivity contribution in [2.24, 2.45) is 0 Å². The zero-order valence-electron chi connectivity index (χ0n) is 11.3. The SMILES string of the molecule is CC(P(=O)(O)O)(P(=O)(O)O)P(=O)(O)C(C)(P(=O)(O)O)P(=O)(O)O. The van der Waals surface area contributed by atoms with E-state index in [1.807, 2.05) is 0 Å². The molecule has 19 heteroatoms. The molecule has 14 nitrogen and oxygen atoms in total. The van der Waals surface area contributed by atoms with Gasteiger partial charge in [-0.15, -0.1) is 0 Å². The fourth-order valence-electron chi connectivity index (χ4n) is 1.45. The highest BCUT2D eigenvalue weighted by Gasteiger charge is 2.81. The molecule has 0 rings (SSSR count). The first-order chi connectivity index (χ1) is 9.50. The molecule has 0 aromatic heterocycles. The molecule has 0 spiro atoms. The second kappa shape index (κ2) is 5.91. The maximum absolute atomic E-state index is 12.4. The molecule has 0 bridgehead atoms. The van der Waals surface area contributed by atoms with Crippen LogP contribution >= 0.6 is 37.8 Å². The molecular weight excluding hydrogens is 427 g/mol. The van der Waals surface area contributed by atoms with Crippen LogP contribution in [0.3, 0.4) is 0 Å². The van der Waals surface area contributed by atoms with Gasteiger partial charge in [-0.1, -0.05) is 0 Å². The Kier molecular flexibility index (Phi) is 6.11. The van der Waals surface area contributed by atoms with Crippen LogP contribution in [-0.2, 0) is 22.8 Å². The zero-order chi connectivity index (χ0) is 19.5. The third kappa shape index (κ3) is 3.28. The molecule has 0 unspecified atom stereocenters. The van der Waals surface area contributed by atoms with Crippen LogP contribution in [0.1, 0.15) is 13.8 Å². The van der Waals surface area contributed by atoms with Crippen LogP contribution in [0, 0.1) is 0 Å². The van der Waals surface area contributed by atoms with Crippen LogP contribution in [-0.4, -0.2) is 53.3 Å². The van der Waals surface area contributed by atoms with E-state index in [1.54, 1.807) is 0 Å². The largest absolute Gasteiger partial charge is 0.353 e. The lowest BCUT2D eigenvalue weighted by Crippen LogP contribution is -2.37. The van der Waals surface area contributed by atoms with Gasteiger partial charge in [0.05, 0.1) is 0 Å². The minimum atomic E-state index is -6.68. The molecule has 0 saturated carbocycles. The highest BCUT2D eigenvalue weighted by atomic mass is 31.3. The number of rotatable bonds is 6. The summed E-state index contributed by atoms with van der Waals surface area (Å²) in [5, 5.41) is 0. The Bertz CT molecular complexity index is 609. The minimum absolute atomic E-state index is 0.182. The summed E-state index contributed by atoms with van der Waals surface area (Å²) < 4.78 is 49.3. The molecule has 140 valence electrons. The van der Waals surface area contributed by atoms with E-state index in [0.29, 0.717) is 0 Å². The highest BCUT2D eigenvalue weighted by molar-refractivity contribution is 8.00. The summed E-state index contributed by atoms with van der Waals surface area (Å²) in [7, 11) is -32.0. The maximum Gasteiger partial charge on any atom is 0.353 e. The molecule has 9 N–H and O–H groups in total. The standard InChI is InChI=1S/C4H15O14P5/c1-3(20(7,8)9,21(10,11)12)19(5,6)4(2,22(13,14)15)23(16,17)18/h1-2H3,(H,5,6)(H2,7,8,9)(H2,10,11,12)(H2,13,14,15)(H2,16,17,18). The van der Waals surface area contributed by atoms with Gasteiger partial charge >= 0.3 is 30.4 Å². The van der Waals surface area contributed by atoms with Gasteiger partial charge in [-0.25, -0.2) is 0 Å². The Labute approximate surface area is 128 Å². The van der Waals surface area contributed by atoms with Gasteiger partial charge in [0.25, 0.3) is 7.37 Å². The van der Waals surface area contributed by atoms with Crippen molar-refractivity contribution >= 4 is 37.8 Å². The second-order valence-electron chi connectivity index (χ2n) is 4.69. The van der Waals surface area contributed by atoms with Gasteiger partial charge in [0.15, 0.2) is 0 Å². The lowest BCUT2D eigenvalue weighted by molar-refractivity contribution is 0.314. The van der Waals surface area contributed by atoms with Crippen molar-refractivity contribution in [2.75, 3.05) is 0 Å².